The Morgan fingerprint density at radius 3 is 2.00 bits per heavy atom. The van der Waals surface area contributed by atoms with E-state index in [-0.39, 0.29) is 6.61 Å². The van der Waals surface area contributed by atoms with Crippen LogP contribution in [0.3, 0.4) is 0 Å². The van der Waals surface area contributed by atoms with Crippen molar-refractivity contribution in [1.29, 1.82) is 0 Å². The van der Waals surface area contributed by atoms with Crippen molar-refractivity contribution in [1.82, 2.24) is 0 Å². The number of unbranched alkanes of at least 4 members (excludes halogenated alkanes) is 11. The van der Waals surface area contributed by atoms with E-state index in [2.05, 4.69) is 11.4 Å². The summed E-state index contributed by atoms with van der Waals surface area (Å²) in [7, 11) is -4.04. The summed E-state index contributed by atoms with van der Waals surface area (Å²) >= 11 is 0. The number of nitrogens with two attached hydrogens (primary N) is 1. The molecule has 1 aliphatic rings. The average molecular weight is 379 g/mol. The number of phosphoric acid groups is 1. The molecule has 1 unspecified atom stereocenters. The molecule has 1 heterocycles. The highest BCUT2D eigenvalue weighted by Crippen LogP contribution is 2.48. The Morgan fingerprint density at radius 1 is 1.00 bits per heavy atom. The molecule has 0 amide bonds. The molecule has 0 aromatic carbocycles. The lowest BCUT2D eigenvalue weighted by Gasteiger charge is -2.33. The van der Waals surface area contributed by atoms with E-state index in [0.717, 1.165) is 12.8 Å². The molecule has 1 saturated heterocycles. The molecule has 0 bridgehead atoms. The van der Waals surface area contributed by atoms with Gasteiger partial charge >= 0.3 is 7.82 Å². The fourth-order valence-corrected chi connectivity index (χ4v) is 4.28. The van der Waals surface area contributed by atoms with Gasteiger partial charge in [-0.15, -0.1) is 0 Å². The van der Waals surface area contributed by atoms with E-state index >= 15 is 0 Å². The van der Waals surface area contributed by atoms with Crippen LogP contribution in [0.5, 0.6) is 0 Å². The number of hydrogen-bond acceptors (Lipinski definition) is 5. The lowest BCUT2D eigenvalue weighted by molar-refractivity contribution is -0.0429. The van der Waals surface area contributed by atoms with E-state index in [1.807, 2.05) is 0 Å². The molecule has 0 radical (unpaired) electrons. The zero-order valence-electron chi connectivity index (χ0n) is 15.8. The molecule has 0 aliphatic carbocycles. The van der Waals surface area contributed by atoms with Crippen molar-refractivity contribution in [2.75, 3.05) is 6.61 Å². The van der Waals surface area contributed by atoms with Gasteiger partial charge in [-0.25, -0.2) is 4.57 Å². The fraction of sp³-hybridized carbons (Fsp3) is 1.00. The van der Waals surface area contributed by atoms with Gasteiger partial charge in [0.25, 0.3) is 0 Å². The molecule has 1 fully saturated rings. The topological polar surface area (TPSA) is 102 Å². The third-order valence-corrected chi connectivity index (χ3v) is 5.82. The van der Waals surface area contributed by atoms with Crippen molar-refractivity contribution >= 4 is 7.82 Å². The van der Waals surface area contributed by atoms with Crippen LogP contribution in [0.1, 0.15) is 90.4 Å². The molecular formula is C18H38NO5P. The van der Waals surface area contributed by atoms with Crippen molar-refractivity contribution in [2.45, 2.75) is 109 Å². The van der Waals surface area contributed by atoms with E-state index in [4.69, 9.17) is 10.3 Å². The maximum Gasteiger partial charge on any atom is 0.472 e. The molecule has 6 nitrogen and oxygen atoms in total. The highest BCUT2D eigenvalue weighted by Gasteiger charge is 2.40. The smallest absolute Gasteiger partial charge is 0.390 e. The van der Waals surface area contributed by atoms with E-state index in [9.17, 15) is 14.6 Å². The molecule has 0 spiro atoms. The zero-order chi connectivity index (χ0) is 18.5. The van der Waals surface area contributed by atoms with Crippen LogP contribution in [0.2, 0.25) is 0 Å². The van der Waals surface area contributed by atoms with E-state index in [1.165, 1.54) is 64.2 Å². The minimum Gasteiger partial charge on any atom is -0.390 e. The highest BCUT2D eigenvalue weighted by molar-refractivity contribution is 7.47. The van der Waals surface area contributed by atoms with Crippen LogP contribution in [0, 0.1) is 0 Å². The Bertz CT molecular complexity index is 382. The van der Waals surface area contributed by atoms with Crippen LogP contribution in [0.4, 0.5) is 0 Å². The predicted molar refractivity (Wildman–Crippen MR) is 100 cm³/mol. The van der Waals surface area contributed by atoms with Gasteiger partial charge in [-0.2, -0.15) is 0 Å². The average Bonchev–Trinajstić information content (AvgIpc) is 2.58. The molecule has 0 saturated carbocycles. The van der Waals surface area contributed by atoms with Crippen molar-refractivity contribution in [3.63, 3.8) is 0 Å². The van der Waals surface area contributed by atoms with Crippen LogP contribution >= 0.6 is 7.82 Å². The van der Waals surface area contributed by atoms with Gasteiger partial charge in [0.05, 0.1) is 18.8 Å². The number of hydrogen-bond donors (Lipinski definition) is 3. The molecule has 7 heteroatoms. The Kier molecular flexibility index (Phi) is 12.2. The second-order valence-corrected chi connectivity index (χ2v) is 8.65. The monoisotopic (exact) mass is 379 g/mol. The maximum atomic E-state index is 11.4. The van der Waals surface area contributed by atoms with Crippen LogP contribution in [0.15, 0.2) is 0 Å². The first-order valence-corrected chi connectivity index (χ1v) is 11.5. The predicted octanol–water partition coefficient (Wildman–Crippen LogP) is 4.28. The van der Waals surface area contributed by atoms with Gasteiger partial charge in [0.1, 0.15) is 6.10 Å². The molecule has 25 heavy (non-hydrogen) atoms. The van der Waals surface area contributed by atoms with Crippen LogP contribution in [-0.2, 0) is 13.6 Å². The van der Waals surface area contributed by atoms with Crippen molar-refractivity contribution in [3.05, 3.63) is 0 Å². The van der Waals surface area contributed by atoms with Crippen molar-refractivity contribution in [2.24, 2.45) is 5.73 Å². The third kappa shape index (κ3) is 10.7. The SMILES string of the molecule is CCCCCCCCCCCCCC[C@@H](O)[C@H]1OP(=O)(O)OC[C@@H]1N. The van der Waals surface area contributed by atoms with Gasteiger partial charge in [-0.3, -0.25) is 9.05 Å². The second-order valence-electron chi connectivity index (χ2n) is 7.24. The standard InChI is InChI=1S/C18H38NO5P/c1-2-3-4-5-6-7-8-9-10-11-12-13-14-17(20)18-16(19)15-23-25(21,22)24-18/h16-18,20H,2-15,19H2,1H3,(H,21,22)/t16-,17+,18-/m0/s1. The van der Waals surface area contributed by atoms with Gasteiger partial charge in [-0.05, 0) is 6.42 Å². The summed E-state index contributed by atoms with van der Waals surface area (Å²) in [6.07, 6.45) is 14.0. The van der Waals surface area contributed by atoms with Crippen molar-refractivity contribution < 1.29 is 23.6 Å². The summed E-state index contributed by atoms with van der Waals surface area (Å²) in [5.74, 6) is 0. The molecule has 1 aliphatic heterocycles. The quantitative estimate of drug-likeness (QED) is 0.307. The number of rotatable bonds is 14. The normalized spacial score (nSPS) is 28.2. The van der Waals surface area contributed by atoms with Crippen LogP contribution in [0.25, 0.3) is 0 Å². The Morgan fingerprint density at radius 2 is 1.48 bits per heavy atom. The first-order chi connectivity index (χ1) is 12.0. The summed E-state index contributed by atoms with van der Waals surface area (Å²) in [4.78, 5) is 9.33. The van der Waals surface area contributed by atoms with Gasteiger partial charge in [0, 0.05) is 0 Å². The summed E-state index contributed by atoms with van der Waals surface area (Å²) in [5, 5.41) is 10.1. The maximum absolute atomic E-state index is 11.4. The Balaban J connectivity index is 1.96. The number of aliphatic hydroxyl groups is 1. The van der Waals surface area contributed by atoms with Crippen LogP contribution in [-0.4, -0.2) is 34.9 Å². The molecule has 4 N–H and O–H groups in total. The highest BCUT2D eigenvalue weighted by atomic mass is 31.2. The summed E-state index contributed by atoms with van der Waals surface area (Å²) < 4.78 is 21.0. The summed E-state index contributed by atoms with van der Waals surface area (Å²) in [6.45, 7) is 2.18. The minimum atomic E-state index is -4.04. The Hall–Kier alpha value is 0.0300. The first-order valence-electron chi connectivity index (χ1n) is 10.1. The fourth-order valence-electron chi connectivity index (χ4n) is 3.25. The lowest BCUT2D eigenvalue weighted by atomic mass is 10.00. The van der Waals surface area contributed by atoms with Gasteiger partial charge < -0.3 is 15.7 Å². The minimum absolute atomic E-state index is 0.0616. The van der Waals surface area contributed by atoms with E-state index in [0.29, 0.717) is 6.42 Å². The number of aliphatic hydroxyl groups excluding tert-OH is 1. The molecule has 1 rings (SSSR count). The Labute approximate surface area is 153 Å². The lowest BCUT2D eigenvalue weighted by Crippen LogP contribution is -2.49. The van der Waals surface area contributed by atoms with Gasteiger partial charge in [-0.1, -0.05) is 84.0 Å². The van der Waals surface area contributed by atoms with Crippen LogP contribution < -0.4 is 5.73 Å². The van der Waals surface area contributed by atoms with E-state index < -0.39 is 26.1 Å². The molecular weight excluding hydrogens is 341 g/mol. The van der Waals surface area contributed by atoms with Gasteiger partial charge in [0.2, 0.25) is 0 Å². The summed E-state index contributed by atoms with van der Waals surface area (Å²) in [5.41, 5.74) is 5.80. The largest absolute Gasteiger partial charge is 0.472 e. The van der Waals surface area contributed by atoms with Gasteiger partial charge in [0.15, 0.2) is 0 Å². The molecule has 150 valence electrons. The molecule has 4 atom stereocenters. The third-order valence-electron chi connectivity index (χ3n) is 4.84. The summed E-state index contributed by atoms with van der Waals surface area (Å²) in [6, 6.07) is -0.568. The zero-order valence-corrected chi connectivity index (χ0v) is 16.7. The first kappa shape index (κ1) is 23.1. The number of phosphoric ester groups is 1. The second kappa shape index (κ2) is 13.2. The van der Waals surface area contributed by atoms with E-state index in [1.54, 1.807) is 0 Å². The molecule has 0 aromatic heterocycles. The van der Waals surface area contributed by atoms with Crippen molar-refractivity contribution in [3.8, 4) is 0 Å². The molecule has 0 aromatic rings.